The second kappa shape index (κ2) is 13.1. The number of nitrogens with one attached hydrogen (secondary N) is 2. The van der Waals surface area contributed by atoms with E-state index in [0.717, 1.165) is 18.8 Å². The SMILES string of the molecule is N#Cc1cnc2cc(O)c(NC(=O)/C=C/CN3CCOCC3)cc2c1Nc1ccc(OCc2ccccn2)c(Cl)c1. The third kappa shape index (κ3) is 7.10. The summed E-state index contributed by atoms with van der Waals surface area (Å²) in [7, 11) is 0. The predicted octanol–water partition coefficient (Wildman–Crippen LogP) is 5.01. The molecule has 5 rings (SSSR count). The fraction of sp³-hybridized carbons (Fsp3) is 0.200. The van der Waals surface area contributed by atoms with Crippen LogP contribution in [-0.4, -0.2) is 58.7 Å². The van der Waals surface area contributed by atoms with Crippen molar-refractivity contribution in [3.8, 4) is 17.6 Å². The highest BCUT2D eigenvalue weighted by Crippen LogP contribution is 2.36. The Morgan fingerprint density at radius 2 is 2.05 bits per heavy atom. The van der Waals surface area contributed by atoms with Gasteiger partial charge in [0.1, 0.15) is 24.2 Å². The fourth-order valence-corrected chi connectivity index (χ4v) is 4.52. The molecule has 11 heteroatoms. The summed E-state index contributed by atoms with van der Waals surface area (Å²) < 4.78 is 11.1. The van der Waals surface area contributed by atoms with Gasteiger partial charge in [0.05, 0.1) is 46.4 Å². The third-order valence-corrected chi connectivity index (χ3v) is 6.70. The lowest BCUT2D eigenvalue weighted by molar-refractivity contribution is -0.111. The van der Waals surface area contributed by atoms with E-state index in [-0.39, 0.29) is 29.5 Å². The summed E-state index contributed by atoms with van der Waals surface area (Å²) in [5.41, 5.74) is 2.73. The number of nitrogens with zero attached hydrogens (tertiary/aromatic N) is 4. The van der Waals surface area contributed by atoms with E-state index >= 15 is 0 Å². The monoisotopic (exact) mass is 570 g/mol. The van der Waals surface area contributed by atoms with Gasteiger partial charge in [-0.2, -0.15) is 5.26 Å². The van der Waals surface area contributed by atoms with E-state index in [2.05, 4.69) is 31.6 Å². The average molecular weight is 571 g/mol. The van der Waals surface area contributed by atoms with E-state index in [9.17, 15) is 15.2 Å². The summed E-state index contributed by atoms with van der Waals surface area (Å²) in [6.07, 6.45) is 6.32. The number of hydrogen-bond acceptors (Lipinski definition) is 9. The van der Waals surface area contributed by atoms with Crippen molar-refractivity contribution in [2.24, 2.45) is 0 Å². The Bertz CT molecular complexity index is 1620. The van der Waals surface area contributed by atoms with E-state index in [1.807, 2.05) is 18.2 Å². The Labute approximate surface area is 241 Å². The molecular formula is C30H27ClN6O4. The number of aromatic hydroxyl groups is 1. The number of carbonyl (C=O) groups is 1. The summed E-state index contributed by atoms with van der Waals surface area (Å²) in [6, 6.07) is 15.9. The van der Waals surface area contributed by atoms with E-state index in [4.69, 9.17) is 21.1 Å². The minimum Gasteiger partial charge on any atom is -0.506 e. The summed E-state index contributed by atoms with van der Waals surface area (Å²) in [6.45, 7) is 3.87. The Kier molecular flexibility index (Phi) is 8.91. The third-order valence-electron chi connectivity index (χ3n) is 6.40. The second-order valence-electron chi connectivity index (χ2n) is 9.23. The molecule has 41 heavy (non-hydrogen) atoms. The van der Waals surface area contributed by atoms with Crippen LogP contribution in [0.5, 0.6) is 11.5 Å². The number of nitriles is 1. The van der Waals surface area contributed by atoms with Crippen LogP contribution in [0, 0.1) is 11.3 Å². The van der Waals surface area contributed by atoms with Crippen LogP contribution < -0.4 is 15.4 Å². The largest absolute Gasteiger partial charge is 0.506 e. The minimum absolute atomic E-state index is 0.145. The number of amides is 1. The number of morpholine rings is 1. The van der Waals surface area contributed by atoms with Gasteiger partial charge in [-0.3, -0.25) is 19.7 Å². The number of phenolic OH excluding ortho intramolecular Hbond substituents is 1. The first kappa shape index (κ1) is 27.9. The van der Waals surface area contributed by atoms with Crippen molar-refractivity contribution in [3.63, 3.8) is 0 Å². The number of fused-ring (bicyclic) bond motifs is 1. The van der Waals surface area contributed by atoms with Crippen molar-refractivity contribution in [2.45, 2.75) is 6.61 Å². The maximum absolute atomic E-state index is 12.6. The number of halogens is 1. The van der Waals surface area contributed by atoms with Gasteiger partial charge in [-0.25, -0.2) is 0 Å². The minimum atomic E-state index is -0.389. The average Bonchev–Trinajstić information content (AvgIpc) is 2.98. The fourth-order valence-electron chi connectivity index (χ4n) is 4.29. The lowest BCUT2D eigenvalue weighted by atomic mass is 10.1. The maximum atomic E-state index is 12.6. The molecule has 1 aliphatic heterocycles. The van der Waals surface area contributed by atoms with Gasteiger partial charge in [0.25, 0.3) is 0 Å². The molecule has 0 saturated carbocycles. The molecule has 3 N–H and O–H groups in total. The number of pyridine rings is 2. The molecule has 3 heterocycles. The number of aromatic nitrogens is 2. The molecule has 0 radical (unpaired) electrons. The Hall–Kier alpha value is -4.69. The molecule has 2 aromatic heterocycles. The molecule has 10 nitrogen and oxygen atoms in total. The molecule has 0 unspecified atom stereocenters. The number of anilines is 3. The molecule has 1 amide bonds. The quantitative estimate of drug-likeness (QED) is 0.187. The van der Waals surface area contributed by atoms with Crippen LogP contribution in [0.4, 0.5) is 17.1 Å². The Balaban J connectivity index is 1.34. The normalized spacial score (nSPS) is 13.7. The summed E-state index contributed by atoms with van der Waals surface area (Å²) in [5, 5.41) is 27.2. The first-order valence-corrected chi connectivity index (χ1v) is 13.3. The van der Waals surface area contributed by atoms with E-state index in [1.54, 1.807) is 36.5 Å². The van der Waals surface area contributed by atoms with Crippen LogP contribution in [0.15, 0.2) is 73.1 Å². The van der Waals surface area contributed by atoms with Crippen LogP contribution in [0.2, 0.25) is 5.02 Å². The zero-order chi connectivity index (χ0) is 28.6. The van der Waals surface area contributed by atoms with Gasteiger partial charge in [0.15, 0.2) is 0 Å². The summed E-state index contributed by atoms with van der Waals surface area (Å²) in [4.78, 5) is 23.3. The van der Waals surface area contributed by atoms with Crippen molar-refractivity contribution >= 4 is 45.5 Å². The molecule has 0 atom stereocenters. The molecule has 0 spiro atoms. The van der Waals surface area contributed by atoms with Crippen LogP contribution in [0.1, 0.15) is 11.3 Å². The van der Waals surface area contributed by atoms with Crippen molar-refractivity contribution in [1.29, 1.82) is 5.26 Å². The van der Waals surface area contributed by atoms with Crippen LogP contribution in [-0.2, 0) is 16.1 Å². The molecule has 0 aliphatic carbocycles. The van der Waals surface area contributed by atoms with Gasteiger partial charge in [-0.15, -0.1) is 0 Å². The Morgan fingerprint density at radius 1 is 1.20 bits per heavy atom. The van der Waals surface area contributed by atoms with Crippen molar-refractivity contribution in [3.05, 3.63) is 89.4 Å². The smallest absolute Gasteiger partial charge is 0.248 e. The second-order valence-corrected chi connectivity index (χ2v) is 9.64. The predicted molar refractivity (Wildman–Crippen MR) is 156 cm³/mol. The lowest BCUT2D eigenvalue weighted by Gasteiger charge is -2.25. The zero-order valence-electron chi connectivity index (χ0n) is 22.0. The number of ether oxygens (including phenoxy) is 2. The summed E-state index contributed by atoms with van der Waals surface area (Å²) >= 11 is 6.49. The first-order valence-electron chi connectivity index (χ1n) is 12.9. The van der Waals surface area contributed by atoms with E-state index < -0.39 is 0 Å². The topological polar surface area (TPSA) is 133 Å². The van der Waals surface area contributed by atoms with Crippen molar-refractivity contribution < 1.29 is 19.4 Å². The van der Waals surface area contributed by atoms with Crippen LogP contribution >= 0.6 is 11.6 Å². The zero-order valence-corrected chi connectivity index (χ0v) is 22.8. The first-order chi connectivity index (χ1) is 20.0. The highest BCUT2D eigenvalue weighted by Gasteiger charge is 2.15. The molecule has 208 valence electrons. The molecule has 0 bridgehead atoms. The molecule has 1 saturated heterocycles. The number of phenols is 1. The number of carbonyl (C=O) groups excluding carboxylic acids is 1. The van der Waals surface area contributed by atoms with Gasteiger partial charge in [0, 0.05) is 55.2 Å². The van der Waals surface area contributed by atoms with Crippen LogP contribution in [0.25, 0.3) is 10.9 Å². The van der Waals surface area contributed by atoms with E-state index in [0.29, 0.717) is 52.8 Å². The standard InChI is InChI=1S/C30H27ClN6O4/c31-24-14-21(6-7-28(24)41-19-22-4-1-2-8-33-22)35-30-20(17-32)18-34-25-16-27(38)26(15-23(25)30)36-29(39)5-3-9-37-10-12-40-13-11-37/h1-8,14-16,18,38H,9-13,19H2,(H,34,35)(H,36,39)/b5-3+. The lowest BCUT2D eigenvalue weighted by Crippen LogP contribution is -2.36. The molecule has 1 fully saturated rings. The number of benzene rings is 2. The number of hydrogen-bond donors (Lipinski definition) is 3. The summed E-state index contributed by atoms with van der Waals surface area (Å²) in [5.74, 6) is -0.0486. The molecular weight excluding hydrogens is 544 g/mol. The maximum Gasteiger partial charge on any atom is 0.248 e. The Morgan fingerprint density at radius 3 is 2.80 bits per heavy atom. The van der Waals surface area contributed by atoms with Crippen LogP contribution in [0.3, 0.4) is 0 Å². The van der Waals surface area contributed by atoms with Gasteiger partial charge in [0.2, 0.25) is 5.91 Å². The molecule has 2 aromatic carbocycles. The highest BCUT2D eigenvalue weighted by atomic mass is 35.5. The van der Waals surface area contributed by atoms with Gasteiger partial charge < -0.3 is 25.2 Å². The van der Waals surface area contributed by atoms with Crippen molar-refractivity contribution in [2.75, 3.05) is 43.5 Å². The van der Waals surface area contributed by atoms with Crippen molar-refractivity contribution in [1.82, 2.24) is 14.9 Å². The van der Waals surface area contributed by atoms with E-state index in [1.165, 1.54) is 18.3 Å². The molecule has 1 aliphatic rings. The number of rotatable bonds is 9. The van der Waals surface area contributed by atoms with Gasteiger partial charge >= 0.3 is 0 Å². The van der Waals surface area contributed by atoms with Gasteiger partial charge in [-0.05, 0) is 36.4 Å². The molecule has 4 aromatic rings. The van der Waals surface area contributed by atoms with Gasteiger partial charge in [-0.1, -0.05) is 23.7 Å². The highest BCUT2D eigenvalue weighted by molar-refractivity contribution is 6.32.